The van der Waals surface area contributed by atoms with E-state index in [0.717, 1.165) is 17.0 Å². The van der Waals surface area contributed by atoms with Crippen molar-refractivity contribution in [1.29, 1.82) is 0 Å². The minimum absolute atomic E-state index is 0.0215. The van der Waals surface area contributed by atoms with Gasteiger partial charge in [-0.05, 0) is 50.7 Å². The average molecular weight is 723 g/mol. The smallest absolute Gasteiger partial charge is 0.405 e. The summed E-state index contributed by atoms with van der Waals surface area (Å²) in [5.74, 6) is -8.00. The number of sulfonamides is 1. The van der Waals surface area contributed by atoms with Gasteiger partial charge in [0.1, 0.15) is 29.5 Å². The van der Waals surface area contributed by atoms with Crippen molar-refractivity contribution in [2.45, 2.75) is 99.6 Å². The summed E-state index contributed by atoms with van der Waals surface area (Å²) in [7, 11) is -3.97. The number of fused-ring (bicyclic) bond motifs is 3. The third-order valence-electron chi connectivity index (χ3n) is 9.43. The van der Waals surface area contributed by atoms with Gasteiger partial charge in [0, 0.05) is 25.3 Å². The maximum atomic E-state index is 14.8. The largest absolute Gasteiger partial charge is 0.471 e. The Kier molecular flexibility index (Phi) is 9.43. The van der Waals surface area contributed by atoms with Crippen LogP contribution in [0.5, 0.6) is 5.88 Å². The van der Waals surface area contributed by atoms with E-state index in [2.05, 4.69) is 25.3 Å². The van der Waals surface area contributed by atoms with Crippen LogP contribution in [-0.2, 0) is 30.3 Å². The standard InChI is InChI=1S/C32H37F3N6O8S/c1-31(34,35)25-27(37-23-13-18(33)9-12-21(23)36-25)49-19-14-24-26(42)39-32(29(44)40-50(47,48)20-10-11-20)15-17(32)7-5-3-2-4-6-8-22(38-30(45)46)28(43)41(24)16-19/h5,7,9,12-13,17,19-20,22,24,38H,2-4,6,8,10-11,14-16H2,1H3,(H,39,42)(H,40,44)(H,45,46)/t17-,19-,22+,24+,32-/m1/s1. The summed E-state index contributed by atoms with van der Waals surface area (Å²) in [4.78, 5) is 62.3. The van der Waals surface area contributed by atoms with Gasteiger partial charge in [-0.2, -0.15) is 8.78 Å². The zero-order valence-electron chi connectivity index (χ0n) is 27.0. The molecule has 0 bridgehead atoms. The van der Waals surface area contributed by atoms with Crippen molar-refractivity contribution >= 4 is 44.9 Å². The number of allylic oxidation sites excluding steroid dienone is 1. The van der Waals surface area contributed by atoms with E-state index < -0.39 is 92.0 Å². The fourth-order valence-corrected chi connectivity index (χ4v) is 7.90. The first-order valence-electron chi connectivity index (χ1n) is 16.4. The Hall–Kier alpha value is -4.48. The van der Waals surface area contributed by atoms with Crippen LogP contribution in [0.2, 0.25) is 0 Å². The normalized spacial score (nSPS) is 27.7. The molecule has 50 heavy (non-hydrogen) atoms. The molecule has 0 unspecified atom stereocenters. The Morgan fingerprint density at radius 1 is 1.12 bits per heavy atom. The lowest BCUT2D eigenvalue weighted by Gasteiger charge is -2.29. The maximum Gasteiger partial charge on any atom is 0.405 e. The molecule has 2 aliphatic heterocycles. The van der Waals surface area contributed by atoms with Crippen molar-refractivity contribution in [2.24, 2.45) is 5.92 Å². The highest BCUT2D eigenvalue weighted by Crippen LogP contribution is 2.46. The van der Waals surface area contributed by atoms with Crippen LogP contribution < -0.4 is 20.1 Å². The second-order valence-electron chi connectivity index (χ2n) is 13.4. The van der Waals surface area contributed by atoms with Crippen LogP contribution in [-0.4, -0.2) is 87.7 Å². The SMILES string of the molecule is CC(F)(F)c1nc2ccc(F)cc2nc1O[C@@H]1C[C@H]2C(=O)N[C@]3(C(=O)NS(=O)(=O)C4CC4)C[C@H]3C=CCCCCC[C@H](NC(=O)O)C(=O)N2C1. The molecule has 5 atom stereocenters. The minimum Gasteiger partial charge on any atom is -0.471 e. The number of ether oxygens (including phenoxy) is 1. The molecule has 3 fully saturated rings. The van der Waals surface area contributed by atoms with Gasteiger partial charge in [-0.25, -0.2) is 27.6 Å². The topological polar surface area (TPSA) is 197 Å². The number of carbonyl (C=O) groups excluding carboxylic acids is 3. The summed E-state index contributed by atoms with van der Waals surface area (Å²) in [6, 6.07) is 0.554. The Morgan fingerprint density at radius 2 is 1.88 bits per heavy atom. The number of hydrogen-bond donors (Lipinski definition) is 4. The summed E-state index contributed by atoms with van der Waals surface area (Å²) in [5.41, 5.74) is -2.61. The first-order chi connectivity index (χ1) is 23.6. The third-order valence-corrected chi connectivity index (χ3v) is 11.2. The van der Waals surface area contributed by atoms with Gasteiger partial charge >= 0.3 is 6.09 Å². The predicted molar refractivity (Wildman–Crippen MR) is 170 cm³/mol. The monoisotopic (exact) mass is 722 g/mol. The molecule has 0 radical (unpaired) electrons. The molecule has 6 rings (SSSR count). The predicted octanol–water partition coefficient (Wildman–Crippen LogP) is 2.87. The second kappa shape index (κ2) is 13.3. The average Bonchev–Trinajstić information content (AvgIpc) is 3.95. The van der Waals surface area contributed by atoms with Gasteiger partial charge in [0.15, 0.2) is 5.69 Å². The molecule has 1 aromatic heterocycles. The highest BCUT2D eigenvalue weighted by Gasteiger charge is 2.62. The Morgan fingerprint density at radius 3 is 2.58 bits per heavy atom. The highest BCUT2D eigenvalue weighted by atomic mass is 32.2. The van der Waals surface area contributed by atoms with Gasteiger partial charge in [-0.15, -0.1) is 0 Å². The molecule has 14 nitrogen and oxygen atoms in total. The van der Waals surface area contributed by atoms with Crippen molar-refractivity contribution in [3.8, 4) is 5.88 Å². The lowest BCUT2D eigenvalue weighted by atomic mass is 10.1. The van der Waals surface area contributed by atoms with Crippen molar-refractivity contribution in [3.05, 3.63) is 41.9 Å². The lowest BCUT2D eigenvalue weighted by Crippen LogP contribution is -2.58. The Bertz CT molecular complexity index is 1850. The van der Waals surface area contributed by atoms with Gasteiger partial charge < -0.3 is 25.4 Å². The van der Waals surface area contributed by atoms with E-state index in [1.54, 1.807) is 6.08 Å². The molecule has 2 saturated carbocycles. The summed E-state index contributed by atoms with van der Waals surface area (Å²) in [5, 5.41) is 13.7. The molecule has 1 aromatic carbocycles. The Labute approximate surface area is 285 Å². The third kappa shape index (κ3) is 7.49. The first-order valence-corrected chi connectivity index (χ1v) is 18.0. The molecule has 2 aliphatic carbocycles. The molecular weight excluding hydrogens is 685 g/mol. The van der Waals surface area contributed by atoms with Crippen LogP contribution in [0.4, 0.5) is 18.0 Å². The van der Waals surface area contributed by atoms with Crippen molar-refractivity contribution in [3.63, 3.8) is 0 Å². The number of carbonyl (C=O) groups is 4. The number of nitrogens with one attached hydrogen (secondary N) is 3. The van der Waals surface area contributed by atoms with Crippen LogP contribution in [0.25, 0.3) is 11.0 Å². The van der Waals surface area contributed by atoms with Crippen LogP contribution in [0.3, 0.4) is 0 Å². The van der Waals surface area contributed by atoms with E-state index in [1.807, 2.05) is 6.08 Å². The molecule has 4 N–H and O–H groups in total. The van der Waals surface area contributed by atoms with E-state index >= 15 is 0 Å². The molecule has 4 amide bonds. The lowest BCUT2D eigenvalue weighted by molar-refractivity contribution is -0.141. The molecule has 18 heteroatoms. The molecular formula is C32H37F3N6O8S. The molecule has 4 aliphatic rings. The van der Waals surface area contributed by atoms with Crippen molar-refractivity contribution in [1.82, 2.24) is 30.2 Å². The fourth-order valence-electron chi connectivity index (χ4n) is 6.53. The highest BCUT2D eigenvalue weighted by molar-refractivity contribution is 7.91. The van der Waals surface area contributed by atoms with E-state index in [4.69, 9.17) is 4.74 Å². The number of rotatable bonds is 7. The number of alkyl halides is 2. The fraction of sp³-hybridized carbons (Fsp3) is 0.562. The number of amides is 4. The molecule has 3 heterocycles. The zero-order chi connectivity index (χ0) is 36.0. The van der Waals surface area contributed by atoms with Gasteiger partial charge in [0.2, 0.25) is 27.7 Å². The number of benzene rings is 1. The minimum atomic E-state index is -3.97. The number of carboxylic acid groups (broad SMARTS) is 1. The van der Waals surface area contributed by atoms with E-state index in [1.165, 1.54) is 6.07 Å². The molecule has 270 valence electrons. The van der Waals surface area contributed by atoms with Crippen LogP contribution in [0.1, 0.15) is 70.4 Å². The van der Waals surface area contributed by atoms with E-state index in [9.17, 15) is 45.9 Å². The zero-order valence-corrected chi connectivity index (χ0v) is 27.8. The van der Waals surface area contributed by atoms with Gasteiger partial charge in [0.25, 0.3) is 11.8 Å². The van der Waals surface area contributed by atoms with Crippen molar-refractivity contribution < 1.29 is 50.6 Å². The van der Waals surface area contributed by atoms with Crippen LogP contribution in [0.15, 0.2) is 30.4 Å². The van der Waals surface area contributed by atoms with Gasteiger partial charge in [-0.3, -0.25) is 19.1 Å². The number of halogens is 3. The number of nitrogens with zero attached hydrogens (tertiary/aromatic N) is 3. The molecule has 1 saturated heterocycles. The molecule has 0 spiro atoms. The van der Waals surface area contributed by atoms with Gasteiger partial charge in [-0.1, -0.05) is 25.0 Å². The Balaban J connectivity index is 1.33. The quantitative estimate of drug-likeness (QED) is 0.309. The summed E-state index contributed by atoms with van der Waals surface area (Å²) >= 11 is 0. The van der Waals surface area contributed by atoms with E-state index in [0.29, 0.717) is 45.4 Å². The second-order valence-corrected chi connectivity index (χ2v) is 15.4. The van der Waals surface area contributed by atoms with E-state index in [-0.39, 0.29) is 36.8 Å². The maximum absolute atomic E-state index is 14.8. The number of hydrogen-bond acceptors (Lipinski definition) is 9. The van der Waals surface area contributed by atoms with Crippen LogP contribution >= 0.6 is 0 Å². The van der Waals surface area contributed by atoms with Crippen LogP contribution in [0, 0.1) is 11.7 Å². The van der Waals surface area contributed by atoms with Crippen molar-refractivity contribution in [2.75, 3.05) is 6.54 Å². The summed E-state index contributed by atoms with van der Waals surface area (Å²) < 4.78 is 76.9. The summed E-state index contributed by atoms with van der Waals surface area (Å²) in [6.45, 7) is 0.205. The first kappa shape index (κ1) is 35.3. The number of aromatic nitrogens is 2. The summed E-state index contributed by atoms with van der Waals surface area (Å²) in [6.07, 6.45) is 4.02. The molecule has 2 aromatic rings. The van der Waals surface area contributed by atoms with Gasteiger partial charge in [0.05, 0.1) is 22.8 Å².